The quantitative estimate of drug-likeness (QED) is 0.760. The summed E-state index contributed by atoms with van der Waals surface area (Å²) in [5, 5.41) is 0. The fraction of sp³-hybridized carbons (Fsp3) is 0.250. The molecule has 0 unspecified atom stereocenters. The van der Waals surface area contributed by atoms with E-state index in [0.717, 1.165) is 24.5 Å². The molecule has 0 saturated carbocycles. The monoisotopic (exact) mass is 242 g/mol. The Labute approximate surface area is 108 Å². The minimum Gasteiger partial charge on any atom is -0.494 e. The minimum absolute atomic E-state index is 0.593. The average molecular weight is 242 g/mol. The van der Waals surface area contributed by atoms with Crippen molar-refractivity contribution in [2.75, 3.05) is 6.61 Å². The molecule has 0 aliphatic heterocycles. The van der Waals surface area contributed by atoms with E-state index >= 15 is 0 Å². The van der Waals surface area contributed by atoms with Gasteiger partial charge < -0.3 is 9.47 Å². The lowest BCUT2D eigenvalue weighted by molar-refractivity contribution is 0.301. The Kier molecular flexibility index (Phi) is 4.65. The first-order valence-corrected chi connectivity index (χ1v) is 6.28. The predicted molar refractivity (Wildman–Crippen MR) is 73.0 cm³/mol. The van der Waals surface area contributed by atoms with Crippen LogP contribution in [0.4, 0.5) is 0 Å². The fourth-order valence-corrected chi connectivity index (χ4v) is 1.59. The first-order chi connectivity index (χ1) is 8.88. The summed E-state index contributed by atoms with van der Waals surface area (Å²) in [4.78, 5) is 0. The van der Waals surface area contributed by atoms with Crippen LogP contribution in [0, 0.1) is 0 Å². The smallest absolute Gasteiger partial charge is 0.120 e. The summed E-state index contributed by atoms with van der Waals surface area (Å²) in [5.41, 5.74) is 1.17. The molecular formula is C16H18O2. The lowest BCUT2D eigenvalue weighted by atomic mass is 10.2. The summed E-state index contributed by atoms with van der Waals surface area (Å²) in [6, 6.07) is 17.9. The average Bonchev–Trinajstić information content (AvgIpc) is 2.45. The number of ether oxygens (including phenoxy) is 2. The van der Waals surface area contributed by atoms with E-state index in [2.05, 4.69) is 19.1 Å². The topological polar surface area (TPSA) is 18.5 Å². The van der Waals surface area contributed by atoms with Crippen molar-refractivity contribution in [3.63, 3.8) is 0 Å². The third kappa shape index (κ3) is 3.81. The molecular weight excluding hydrogens is 224 g/mol. The molecule has 18 heavy (non-hydrogen) atoms. The highest BCUT2D eigenvalue weighted by Crippen LogP contribution is 2.18. The molecule has 0 radical (unpaired) electrons. The lowest BCUT2D eigenvalue weighted by Gasteiger charge is -2.08. The van der Waals surface area contributed by atoms with Gasteiger partial charge in [-0.1, -0.05) is 37.3 Å². The standard InChI is InChI=1S/C16H18O2/c1-2-12-17-15-8-10-16(11-9-15)18-13-14-6-4-3-5-7-14/h3-11H,2,12-13H2,1H3. The van der Waals surface area contributed by atoms with Crippen molar-refractivity contribution in [2.24, 2.45) is 0 Å². The molecule has 2 rings (SSSR count). The van der Waals surface area contributed by atoms with Crippen molar-refractivity contribution < 1.29 is 9.47 Å². The van der Waals surface area contributed by atoms with Crippen LogP contribution in [0.2, 0.25) is 0 Å². The van der Waals surface area contributed by atoms with E-state index in [9.17, 15) is 0 Å². The second-order valence-electron chi connectivity index (χ2n) is 4.09. The molecule has 0 atom stereocenters. The minimum atomic E-state index is 0.593. The van der Waals surface area contributed by atoms with Crippen LogP contribution in [-0.2, 0) is 6.61 Å². The van der Waals surface area contributed by atoms with Crippen molar-refractivity contribution in [1.82, 2.24) is 0 Å². The van der Waals surface area contributed by atoms with Crippen LogP contribution in [0.5, 0.6) is 11.5 Å². The summed E-state index contributed by atoms with van der Waals surface area (Å²) < 4.78 is 11.2. The molecule has 2 nitrogen and oxygen atoms in total. The van der Waals surface area contributed by atoms with Crippen LogP contribution in [0.3, 0.4) is 0 Å². The molecule has 2 aromatic carbocycles. The van der Waals surface area contributed by atoms with Crippen molar-refractivity contribution in [3.8, 4) is 11.5 Å². The molecule has 2 heteroatoms. The Hall–Kier alpha value is -1.96. The van der Waals surface area contributed by atoms with Crippen molar-refractivity contribution in [1.29, 1.82) is 0 Å². The summed E-state index contributed by atoms with van der Waals surface area (Å²) in [6.45, 7) is 3.44. The fourth-order valence-electron chi connectivity index (χ4n) is 1.59. The van der Waals surface area contributed by atoms with Gasteiger partial charge in [0.15, 0.2) is 0 Å². The van der Waals surface area contributed by atoms with Gasteiger partial charge >= 0.3 is 0 Å². The molecule has 0 amide bonds. The predicted octanol–water partition coefficient (Wildman–Crippen LogP) is 4.05. The number of hydrogen-bond acceptors (Lipinski definition) is 2. The van der Waals surface area contributed by atoms with E-state index in [1.807, 2.05) is 42.5 Å². The highest BCUT2D eigenvalue weighted by molar-refractivity contribution is 5.31. The summed E-state index contributed by atoms with van der Waals surface area (Å²) in [5.74, 6) is 1.76. The maximum atomic E-state index is 5.70. The molecule has 94 valence electrons. The molecule has 2 aromatic rings. The maximum Gasteiger partial charge on any atom is 0.120 e. The first-order valence-electron chi connectivity index (χ1n) is 6.28. The van der Waals surface area contributed by atoms with E-state index in [-0.39, 0.29) is 0 Å². The van der Waals surface area contributed by atoms with Gasteiger partial charge in [0.25, 0.3) is 0 Å². The zero-order valence-electron chi connectivity index (χ0n) is 10.6. The van der Waals surface area contributed by atoms with Gasteiger partial charge in [0.2, 0.25) is 0 Å². The van der Waals surface area contributed by atoms with Gasteiger partial charge in [0, 0.05) is 0 Å². The van der Waals surface area contributed by atoms with Crippen molar-refractivity contribution in [3.05, 3.63) is 60.2 Å². The Morgan fingerprint density at radius 3 is 2.00 bits per heavy atom. The molecule has 0 N–H and O–H groups in total. The van der Waals surface area contributed by atoms with Crippen LogP contribution in [0.1, 0.15) is 18.9 Å². The van der Waals surface area contributed by atoms with Gasteiger partial charge in [-0.05, 0) is 36.2 Å². The van der Waals surface area contributed by atoms with Crippen LogP contribution in [0.15, 0.2) is 54.6 Å². The second-order valence-corrected chi connectivity index (χ2v) is 4.09. The van der Waals surface area contributed by atoms with Crippen LogP contribution in [0.25, 0.3) is 0 Å². The van der Waals surface area contributed by atoms with E-state index in [1.165, 1.54) is 5.56 Å². The van der Waals surface area contributed by atoms with E-state index < -0.39 is 0 Å². The number of hydrogen-bond donors (Lipinski definition) is 0. The van der Waals surface area contributed by atoms with Gasteiger partial charge in [0.05, 0.1) is 6.61 Å². The highest BCUT2D eigenvalue weighted by Gasteiger charge is 1.97. The van der Waals surface area contributed by atoms with E-state index in [4.69, 9.17) is 9.47 Å². The largest absolute Gasteiger partial charge is 0.494 e. The summed E-state index contributed by atoms with van der Waals surface area (Å²) in [7, 11) is 0. The molecule has 0 heterocycles. The Balaban J connectivity index is 1.86. The zero-order chi connectivity index (χ0) is 12.6. The van der Waals surface area contributed by atoms with E-state index in [0.29, 0.717) is 6.61 Å². The Bertz CT molecular complexity index is 448. The lowest BCUT2D eigenvalue weighted by Crippen LogP contribution is -1.96. The van der Waals surface area contributed by atoms with Crippen molar-refractivity contribution >= 4 is 0 Å². The first kappa shape index (κ1) is 12.5. The van der Waals surface area contributed by atoms with Crippen LogP contribution in [-0.4, -0.2) is 6.61 Å². The van der Waals surface area contributed by atoms with E-state index in [1.54, 1.807) is 0 Å². The third-order valence-corrected chi connectivity index (χ3v) is 2.54. The van der Waals surface area contributed by atoms with Crippen molar-refractivity contribution in [2.45, 2.75) is 20.0 Å². The summed E-state index contributed by atoms with van der Waals surface area (Å²) in [6.07, 6.45) is 1.02. The van der Waals surface area contributed by atoms with Crippen LogP contribution < -0.4 is 9.47 Å². The van der Waals surface area contributed by atoms with Gasteiger partial charge in [-0.3, -0.25) is 0 Å². The highest BCUT2D eigenvalue weighted by atomic mass is 16.5. The molecule has 0 spiro atoms. The number of rotatable bonds is 6. The molecule has 0 aliphatic carbocycles. The normalized spacial score (nSPS) is 10.1. The van der Waals surface area contributed by atoms with Gasteiger partial charge in [-0.25, -0.2) is 0 Å². The van der Waals surface area contributed by atoms with Gasteiger partial charge in [-0.15, -0.1) is 0 Å². The Morgan fingerprint density at radius 2 is 1.39 bits per heavy atom. The molecule has 0 saturated heterocycles. The van der Waals surface area contributed by atoms with Crippen LogP contribution >= 0.6 is 0 Å². The SMILES string of the molecule is CCCOc1ccc(OCc2ccccc2)cc1. The molecule has 0 fully saturated rings. The van der Waals surface area contributed by atoms with Gasteiger partial charge in [-0.2, -0.15) is 0 Å². The number of benzene rings is 2. The maximum absolute atomic E-state index is 5.70. The second kappa shape index (κ2) is 6.70. The van der Waals surface area contributed by atoms with Gasteiger partial charge in [0.1, 0.15) is 18.1 Å². The third-order valence-electron chi connectivity index (χ3n) is 2.54. The molecule has 0 aromatic heterocycles. The molecule has 0 bridgehead atoms. The summed E-state index contributed by atoms with van der Waals surface area (Å²) >= 11 is 0. The Morgan fingerprint density at radius 1 is 0.778 bits per heavy atom. The zero-order valence-corrected chi connectivity index (χ0v) is 10.6. The molecule has 0 aliphatic rings.